The maximum atomic E-state index is 12.0. The van der Waals surface area contributed by atoms with E-state index in [0.717, 1.165) is 0 Å². The summed E-state index contributed by atoms with van der Waals surface area (Å²) in [4.78, 5) is 23.9. The van der Waals surface area contributed by atoms with Crippen LogP contribution in [-0.4, -0.2) is 42.2 Å². The van der Waals surface area contributed by atoms with E-state index in [9.17, 15) is 19.8 Å². The van der Waals surface area contributed by atoms with Crippen molar-refractivity contribution < 1.29 is 24.5 Å². The number of nitrogens with one attached hydrogen (secondary N) is 2. The molecule has 0 unspecified atom stereocenters. The molecule has 7 nitrogen and oxygen atoms in total. The van der Waals surface area contributed by atoms with Gasteiger partial charge in [0.05, 0.1) is 12.7 Å². The lowest BCUT2D eigenvalue weighted by Crippen LogP contribution is -2.34. The second-order valence-corrected chi connectivity index (χ2v) is 4.92. The molecule has 0 spiro atoms. The van der Waals surface area contributed by atoms with Crippen LogP contribution in [0.3, 0.4) is 0 Å². The summed E-state index contributed by atoms with van der Waals surface area (Å²) in [5.41, 5.74) is 0.503. The normalized spacial score (nSPS) is 10.0. The molecule has 0 fully saturated rings. The number of phenols is 2. The van der Waals surface area contributed by atoms with Gasteiger partial charge in [-0.05, 0) is 30.3 Å². The van der Waals surface area contributed by atoms with Crippen molar-refractivity contribution in [2.24, 2.45) is 0 Å². The van der Waals surface area contributed by atoms with Gasteiger partial charge in [0.1, 0.15) is 5.75 Å². The lowest BCUT2D eigenvalue weighted by Gasteiger charge is -2.09. The number of hydrogen-bond acceptors (Lipinski definition) is 5. The molecular formula is C17H18N2O5. The van der Waals surface area contributed by atoms with Gasteiger partial charge >= 0.3 is 0 Å². The third kappa shape index (κ3) is 4.16. The molecule has 2 aromatic rings. The molecule has 24 heavy (non-hydrogen) atoms. The van der Waals surface area contributed by atoms with Crippen LogP contribution in [0.2, 0.25) is 0 Å². The van der Waals surface area contributed by atoms with E-state index in [1.54, 1.807) is 12.1 Å². The second kappa shape index (κ2) is 7.87. The molecule has 0 aliphatic heterocycles. The topological polar surface area (TPSA) is 108 Å². The van der Waals surface area contributed by atoms with E-state index in [-0.39, 0.29) is 41.8 Å². The maximum Gasteiger partial charge on any atom is 0.255 e. The zero-order valence-corrected chi connectivity index (χ0v) is 13.1. The number of amides is 2. The third-order valence-corrected chi connectivity index (χ3v) is 3.29. The van der Waals surface area contributed by atoms with Crippen molar-refractivity contribution in [3.8, 4) is 17.2 Å². The van der Waals surface area contributed by atoms with E-state index < -0.39 is 5.91 Å². The fraction of sp³-hybridized carbons (Fsp3) is 0.176. The summed E-state index contributed by atoms with van der Waals surface area (Å²) in [5, 5.41) is 24.3. The predicted octanol–water partition coefficient (Wildman–Crippen LogP) is 1.27. The summed E-state index contributed by atoms with van der Waals surface area (Å²) < 4.78 is 4.94. The number of carbonyl (C=O) groups excluding carboxylic acids is 2. The minimum absolute atomic E-state index is 0.0519. The van der Waals surface area contributed by atoms with Gasteiger partial charge in [0.25, 0.3) is 11.8 Å². The van der Waals surface area contributed by atoms with E-state index in [1.165, 1.54) is 37.4 Å². The Morgan fingerprint density at radius 3 is 2.29 bits per heavy atom. The summed E-state index contributed by atoms with van der Waals surface area (Å²) in [5.74, 6) is -0.728. The predicted molar refractivity (Wildman–Crippen MR) is 87.4 cm³/mol. The Morgan fingerprint density at radius 1 is 0.958 bits per heavy atom. The number of methoxy groups -OCH3 is 1. The highest BCUT2D eigenvalue weighted by atomic mass is 16.5. The molecule has 0 aromatic heterocycles. The average Bonchev–Trinajstić information content (AvgIpc) is 2.59. The molecule has 0 saturated carbocycles. The van der Waals surface area contributed by atoms with E-state index >= 15 is 0 Å². The lowest BCUT2D eigenvalue weighted by atomic mass is 10.2. The highest BCUT2D eigenvalue weighted by Crippen LogP contribution is 2.26. The Bertz CT molecular complexity index is 746. The SMILES string of the molecule is COc1cc(C(=O)NCCNC(=O)c2ccccc2O)ccc1O. The van der Waals surface area contributed by atoms with Gasteiger partial charge in [-0.15, -0.1) is 0 Å². The van der Waals surface area contributed by atoms with Gasteiger partial charge in [-0.25, -0.2) is 0 Å². The van der Waals surface area contributed by atoms with Crippen molar-refractivity contribution >= 4 is 11.8 Å². The fourth-order valence-corrected chi connectivity index (χ4v) is 2.03. The Balaban J connectivity index is 1.83. The molecule has 0 aliphatic carbocycles. The average molecular weight is 330 g/mol. The van der Waals surface area contributed by atoms with Crippen molar-refractivity contribution in [1.82, 2.24) is 10.6 Å². The van der Waals surface area contributed by atoms with E-state index in [4.69, 9.17) is 4.74 Å². The van der Waals surface area contributed by atoms with Gasteiger partial charge in [0.15, 0.2) is 11.5 Å². The lowest BCUT2D eigenvalue weighted by molar-refractivity contribution is 0.0926. The monoisotopic (exact) mass is 330 g/mol. The van der Waals surface area contributed by atoms with Crippen LogP contribution in [0.4, 0.5) is 0 Å². The van der Waals surface area contributed by atoms with E-state index in [1.807, 2.05) is 0 Å². The van der Waals surface area contributed by atoms with Gasteiger partial charge < -0.3 is 25.6 Å². The molecule has 0 heterocycles. The van der Waals surface area contributed by atoms with Gasteiger partial charge in [-0.2, -0.15) is 0 Å². The molecule has 0 atom stereocenters. The number of para-hydroxylation sites is 1. The number of benzene rings is 2. The highest BCUT2D eigenvalue weighted by molar-refractivity contribution is 5.97. The molecule has 2 aromatic carbocycles. The summed E-state index contributed by atoms with van der Waals surface area (Å²) in [6.07, 6.45) is 0. The van der Waals surface area contributed by atoms with Crippen molar-refractivity contribution in [1.29, 1.82) is 0 Å². The minimum Gasteiger partial charge on any atom is -0.507 e. The first-order valence-corrected chi connectivity index (χ1v) is 7.24. The number of hydrogen-bond donors (Lipinski definition) is 4. The van der Waals surface area contributed by atoms with Crippen molar-refractivity contribution in [2.75, 3.05) is 20.2 Å². The first-order valence-electron chi connectivity index (χ1n) is 7.24. The van der Waals surface area contributed by atoms with Crippen LogP contribution in [0.1, 0.15) is 20.7 Å². The molecule has 0 radical (unpaired) electrons. The van der Waals surface area contributed by atoms with Crippen molar-refractivity contribution in [3.63, 3.8) is 0 Å². The van der Waals surface area contributed by atoms with Crippen LogP contribution in [0.5, 0.6) is 17.2 Å². The first kappa shape index (κ1) is 17.1. The summed E-state index contributed by atoms with van der Waals surface area (Å²) >= 11 is 0. The van der Waals surface area contributed by atoms with Gasteiger partial charge in [0.2, 0.25) is 0 Å². The molecule has 2 amide bonds. The van der Waals surface area contributed by atoms with Gasteiger partial charge in [0, 0.05) is 18.7 Å². The largest absolute Gasteiger partial charge is 0.507 e. The molecular weight excluding hydrogens is 312 g/mol. The number of rotatable bonds is 6. The second-order valence-electron chi connectivity index (χ2n) is 4.92. The summed E-state index contributed by atoms with van der Waals surface area (Å²) in [6.45, 7) is 0.412. The number of ether oxygens (including phenoxy) is 1. The molecule has 0 saturated heterocycles. The van der Waals surface area contributed by atoms with E-state index in [0.29, 0.717) is 5.56 Å². The summed E-state index contributed by atoms with van der Waals surface area (Å²) in [6, 6.07) is 10.5. The van der Waals surface area contributed by atoms with Gasteiger partial charge in [-0.3, -0.25) is 9.59 Å². The number of aromatic hydroxyl groups is 2. The first-order chi connectivity index (χ1) is 11.5. The molecule has 126 valence electrons. The minimum atomic E-state index is -0.423. The Labute approximate surface area is 138 Å². The molecule has 2 rings (SSSR count). The zero-order chi connectivity index (χ0) is 17.5. The quantitative estimate of drug-likeness (QED) is 0.597. The van der Waals surface area contributed by atoms with Crippen LogP contribution < -0.4 is 15.4 Å². The standard InChI is InChI=1S/C17H18N2O5/c1-24-15-10-11(6-7-14(15)21)16(22)18-8-9-19-17(23)12-4-2-3-5-13(12)20/h2-7,10,20-21H,8-9H2,1H3,(H,18,22)(H,19,23). The zero-order valence-electron chi connectivity index (χ0n) is 13.1. The Kier molecular flexibility index (Phi) is 5.62. The highest BCUT2D eigenvalue weighted by Gasteiger charge is 2.11. The van der Waals surface area contributed by atoms with Crippen LogP contribution in [0.25, 0.3) is 0 Å². The molecule has 0 aliphatic rings. The number of phenolic OH excluding ortho intramolecular Hbond substituents is 2. The van der Waals surface area contributed by atoms with Crippen LogP contribution >= 0.6 is 0 Å². The Morgan fingerprint density at radius 2 is 1.62 bits per heavy atom. The molecule has 0 bridgehead atoms. The van der Waals surface area contributed by atoms with E-state index in [2.05, 4.69) is 10.6 Å². The third-order valence-electron chi connectivity index (χ3n) is 3.29. The van der Waals surface area contributed by atoms with Crippen molar-refractivity contribution in [3.05, 3.63) is 53.6 Å². The van der Waals surface area contributed by atoms with Crippen LogP contribution in [-0.2, 0) is 0 Å². The van der Waals surface area contributed by atoms with Crippen molar-refractivity contribution in [2.45, 2.75) is 0 Å². The smallest absolute Gasteiger partial charge is 0.255 e. The van der Waals surface area contributed by atoms with Crippen LogP contribution in [0, 0.1) is 0 Å². The van der Waals surface area contributed by atoms with Gasteiger partial charge in [-0.1, -0.05) is 12.1 Å². The fourth-order valence-electron chi connectivity index (χ4n) is 2.03. The van der Waals surface area contributed by atoms with Crippen LogP contribution in [0.15, 0.2) is 42.5 Å². The molecule has 7 heteroatoms. The Hall–Kier alpha value is -3.22. The maximum absolute atomic E-state index is 12.0. The molecule has 4 N–H and O–H groups in total. The number of carbonyl (C=O) groups is 2. The summed E-state index contributed by atoms with van der Waals surface area (Å²) in [7, 11) is 1.39.